The standard InChI is InChI=1S/C12H9ClS/c13-10-6-8-12(9-7-10)14-11-4-2-1-3-5-11/h1-9H. The second-order valence-electron chi connectivity index (χ2n) is 2.87. The van der Waals surface area contributed by atoms with Crippen LogP contribution in [0.1, 0.15) is 0 Å². The first-order chi connectivity index (χ1) is 6.84. The van der Waals surface area contributed by atoms with Crippen LogP contribution in [0, 0.1) is 0 Å². The van der Waals surface area contributed by atoms with Crippen molar-refractivity contribution in [2.24, 2.45) is 0 Å². The zero-order valence-corrected chi connectivity index (χ0v) is 9.05. The monoisotopic (exact) mass is 220 g/mol. The Morgan fingerprint density at radius 3 is 1.93 bits per heavy atom. The Morgan fingerprint density at radius 1 is 0.714 bits per heavy atom. The average Bonchev–Trinajstić information content (AvgIpc) is 2.23. The summed E-state index contributed by atoms with van der Waals surface area (Å²) in [5, 5.41) is 0.780. The van der Waals surface area contributed by atoms with E-state index in [0.717, 1.165) is 5.02 Å². The summed E-state index contributed by atoms with van der Waals surface area (Å²) in [6.07, 6.45) is 0. The molecule has 0 radical (unpaired) electrons. The molecule has 0 aliphatic carbocycles. The minimum absolute atomic E-state index is 0.780. The van der Waals surface area contributed by atoms with Crippen LogP contribution in [0.25, 0.3) is 0 Å². The minimum Gasteiger partial charge on any atom is -0.0901 e. The van der Waals surface area contributed by atoms with Crippen LogP contribution in [-0.4, -0.2) is 0 Å². The lowest BCUT2D eigenvalue weighted by Crippen LogP contribution is -1.72. The van der Waals surface area contributed by atoms with Gasteiger partial charge in [0.15, 0.2) is 0 Å². The minimum atomic E-state index is 0.780. The molecule has 0 saturated carbocycles. The van der Waals surface area contributed by atoms with Gasteiger partial charge in [0.05, 0.1) is 0 Å². The second-order valence-corrected chi connectivity index (χ2v) is 4.45. The van der Waals surface area contributed by atoms with Crippen molar-refractivity contribution in [3.63, 3.8) is 0 Å². The molecule has 0 bridgehead atoms. The molecule has 2 aromatic rings. The summed E-state index contributed by atoms with van der Waals surface area (Å²) in [7, 11) is 0. The van der Waals surface area contributed by atoms with Crippen LogP contribution in [-0.2, 0) is 0 Å². The molecule has 0 nitrogen and oxygen atoms in total. The molecule has 0 spiro atoms. The van der Waals surface area contributed by atoms with E-state index in [1.54, 1.807) is 11.8 Å². The van der Waals surface area contributed by atoms with Crippen molar-refractivity contribution in [3.8, 4) is 0 Å². The van der Waals surface area contributed by atoms with Gasteiger partial charge in [-0.25, -0.2) is 0 Å². The van der Waals surface area contributed by atoms with Gasteiger partial charge in [-0.1, -0.05) is 41.6 Å². The summed E-state index contributed by atoms with van der Waals surface area (Å²) < 4.78 is 0. The normalized spacial score (nSPS) is 10.1. The third-order valence-electron chi connectivity index (χ3n) is 1.79. The molecule has 0 fully saturated rings. The Kier molecular flexibility index (Phi) is 3.12. The van der Waals surface area contributed by atoms with Crippen molar-refractivity contribution >= 4 is 23.4 Å². The molecule has 0 amide bonds. The van der Waals surface area contributed by atoms with Crippen LogP contribution in [0.5, 0.6) is 0 Å². The summed E-state index contributed by atoms with van der Waals surface area (Å²) in [5.41, 5.74) is 0. The first-order valence-electron chi connectivity index (χ1n) is 4.33. The average molecular weight is 221 g/mol. The molecule has 0 aliphatic heterocycles. The molecule has 0 unspecified atom stereocenters. The number of hydrogen-bond donors (Lipinski definition) is 0. The molecular weight excluding hydrogens is 212 g/mol. The number of benzene rings is 2. The van der Waals surface area contributed by atoms with Crippen LogP contribution >= 0.6 is 23.4 Å². The molecule has 0 heterocycles. The maximum absolute atomic E-state index is 5.81. The summed E-state index contributed by atoms with van der Waals surface area (Å²) in [6, 6.07) is 18.2. The first-order valence-corrected chi connectivity index (χ1v) is 5.52. The van der Waals surface area contributed by atoms with Gasteiger partial charge < -0.3 is 0 Å². The van der Waals surface area contributed by atoms with Gasteiger partial charge in [-0.15, -0.1) is 0 Å². The number of halogens is 1. The Balaban J connectivity index is 2.16. The van der Waals surface area contributed by atoms with Crippen LogP contribution in [0.4, 0.5) is 0 Å². The van der Waals surface area contributed by atoms with E-state index >= 15 is 0 Å². The number of hydrogen-bond acceptors (Lipinski definition) is 1. The molecule has 2 aromatic carbocycles. The molecule has 0 aromatic heterocycles. The lowest BCUT2D eigenvalue weighted by atomic mass is 10.4. The Bertz CT molecular complexity index is 394. The van der Waals surface area contributed by atoms with Crippen molar-refractivity contribution < 1.29 is 0 Å². The maximum Gasteiger partial charge on any atom is 0.0406 e. The molecule has 70 valence electrons. The Morgan fingerprint density at radius 2 is 1.29 bits per heavy atom. The SMILES string of the molecule is Clc1ccc(Sc2ccccc2)cc1. The highest BCUT2D eigenvalue weighted by molar-refractivity contribution is 7.99. The van der Waals surface area contributed by atoms with Crippen molar-refractivity contribution in [2.75, 3.05) is 0 Å². The molecule has 14 heavy (non-hydrogen) atoms. The molecule has 2 rings (SSSR count). The van der Waals surface area contributed by atoms with Gasteiger partial charge in [-0.3, -0.25) is 0 Å². The zero-order chi connectivity index (χ0) is 9.80. The summed E-state index contributed by atoms with van der Waals surface area (Å²) in [6.45, 7) is 0. The van der Waals surface area contributed by atoms with Gasteiger partial charge in [0, 0.05) is 14.8 Å². The van der Waals surface area contributed by atoms with Gasteiger partial charge in [0.25, 0.3) is 0 Å². The van der Waals surface area contributed by atoms with E-state index in [0.29, 0.717) is 0 Å². The lowest BCUT2D eigenvalue weighted by molar-refractivity contribution is 1.41. The quantitative estimate of drug-likeness (QED) is 0.719. The molecule has 0 atom stereocenters. The van der Waals surface area contributed by atoms with Crippen molar-refractivity contribution in [2.45, 2.75) is 9.79 Å². The van der Waals surface area contributed by atoms with Gasteiger partial charge in [-0.2, -0.15) is 0 Å². The van der Waals surface area contributed by atoms with Crippen molar-refractivity contribution in [1.29, 1.82) is 0 Å². The van der Waals surface area contributed by atoms with Crippen LogP contribution in [0.2, 0.25) is 5.02 Å². The topological polar surface area (TPSA) is 0 Å². The van der Waals surface area contributed by atoms with Crippen LogP contribution in [0.15, 0.2) is 64.4 Å². The smallest absolute Gasteiger partial charge is 0.0406 e. The lowest BCUT2D eigenvalue weighted by Gasteiger charge is -2.00. The van der Waals surface area contributed by atoms with E-state index in [1.165, 1.54) is 9.79 Å². The van der Waals surface area contributed by atoms with E-state index < -0.39 is 0 Å². The molecular formula is C12H9ClS. The van der Waals surface area contributed by atoms with E-state index in [2.05, 4.69) is 12.1 Å². The number of rotatable bonds is 2. The molecule has 0 N–H and O–H groups in total. The third kappa shape index (κ3) is 2.53. The summed E-state index contributed by atoms with van der Waals surface area (Å²) in [4.78, 5) is 2.45. The van der Waals surface area contributed by atoms with Crippen molar-refractivity contribution in [3.05, 3.63) is 59.6 Å². The predicted octanol–water partition coefficient (Wildman–Crippen LogP) is 4.49. The van der Waals surface area contributed by atoms with Crippen LogP contribution < -0.4 is 0 Å². The molecule has 0 saturated heterocycles. The van der Waals surface area contributed by atoms with Gasteiger partial charge in [-0.05, 0) is 36.4 Å². The Labute approximate surface area is 92.9 Å². The van der Waals surface area contributed by atoms with Crippen molar-refractivity contribution in [1.82, 2.24) is 0 Å². The van der Waals surface area contributed by atoms with Gasteiger partial charge in [0.1, 0.15) is 0 Å². The highest BCUT2D eigenvalue weighted by Gasteiger charge is 1.95. The predicted molar refractivity (Wildman–Crippen MR) is 62.0 cm³/mol. The highest BCUT2D eigenvalue weighted by Crippen LogP contribution is 2.27. The van der Waals surface area contributed by atoms with Gasteiger partial charge in [0.2, 0.25) is 0 Å². The fourth-order valence-corrected chi connectivity index (χ4v) is 2.09. The Hall–Kier alpha value is -0.920. The summed E-state index contributed by atoms with van der Waals surface area (Å²) in [5.74, 6) is 0. The van der Waals surface area contributed by atoms with E-state index in [-0.39, 0.29) is 0 Å². The molecule has 2 heteroatoms. The van der Waals surface area contributed by atoms with E-state index in [4.69, 9.17) is 11.6 Å². The first kappa shape index (κ1) is 9.63. The highest BCUT2D eigenvalue weighted by atomic mass is 35.5. The third-order valence-corrected chi connectivity index (χ3v) is 3.06. The van der Waals surface area contributed by atoms with E-state index in [9.17, 15) is 0 Å². The summed E-state index contributed by atoms with van der Waals surface area (Å²) >= 11 is 7.54. The largest absolute Gasteiger partial charge is 0.0901 e. The molecule has 0 aliphatic rings. The zero-order valence-electron chi connectivity index (χ0n) is 7.48. The maximum atomic E-state index is 5.81. The second kappa shape index (κ2) is 4.54. The fourth-order valence-electron chi connectivity index (χ4n) is 1.13. The van der Waals surface area contributed by atoms with Gasteiger partial charge >= 0.3 is 0 Å². The fraction of sp³-hybridized carbons (Fsp3) is 0. The van der Waals surface area contributed by atoms with Crippen LogP contribution in [0.3, 0.4) is 0 Å². The van der Waals surface area contributed by atoms with E-state index in [1.807, 2.05) is 42.5 Å².